The minimum Gasteiger partial charge on any atom is -0.265 e. The maximum absolute atomic E-state index is 5.25. The molecule has 0 spiro atoms. The van der Waals surface area contributed by atoms with Gasteiger partial charge in [-0.2, -0.15) is 0 Å². The molecule has 2 aromatic heterocycles. The molecule has 0 saturated heterocycles. The van der Waals surface area contributed by atoms with Crippen LogP contribution in [0.1, 0.15) is 22.3 Å². The van der Waals surface area contributed by atoms with E-state index in [-0.39, 0.29) is 0 Å². The Balaban J connectivity index is 1.14. The lowest BCUT2D eigenvalue weighted by molar-refractivity contribution is 0.769. The highest BCUT2D eigenvalue weighted by Crippen LogP contribution is 2.56. The Labute approximate surface area is 344 Å². The summed E-state index contributed by atoms with van der Waals surface area (Å²) in [5.41, 5.74) is 16.4. The van der Waals surface area contributed by atoms with Crippen molar-refractivity contribution in [1.29, 1.82) is 0 Å². The molecule has 0 unspecified atom stereocenters. The van der Waals surface area contributed by atoms with Crippen LogP contribution in [0.4, 0.5) is 0 Å². The van der Waals surface area contributed by atoms with Gasteiger partial charge in [0.25, 0.3) is 0 Å². The smallest absolute Gasteiger partial charge is 0.160 e. The molecule has 0 bridgehead atoms. The topological polar surface area (TPSA) is 38.7 Å². The molecule has 11 rings (SSSR count). The van der Waals surface area contributed by atoms with Crippen LogP contribution in [0.2, 0.25) is 0 Å². The Morgan fingerprint density at radius 2 is 0.780 bits per heavy atom. The zero-order chi connectivity index (χ0) is 39.2. The number of hydrogen-bond donors (Lipinski definition) is 0. The standard InChI is InChI=1S/C56H37N3/c1-3-15-39(16-4-1)53-37-54(59-55(58-53)40-17-5-2-6-18-40)42-20-14-22-44(36-42)56(51-27-11-9-25-49(51)50-26-10-12-28-52(50)56)43-21-13-19-41(35-43)46-30-29-45(38-31-33-57-34-32-38)47-23-7-8-24-48(46)47/h1-37H. The van der Waals surface area contributed by atoms with Crippen molar-refractivity contribution in [3.05, 3.63) is 247 Å². The van der Waals surface area contributed by atoms with Crippen LogP contribution < -0.4 is 0 Å². The predicted octanol–water partition coefficient (Wildman–Crippen LogP) is 13.7. The Morgan fingerprint density at radius 3 is 1.41 bits per heavy atom. The van der Waals surface area contributed by atoms with E-state index < -0.39 is 5.41 Å². The van der Waals surface area contributed by atoms with Gasteiger partial charge in [-0.05, 0) is 96.7 Å². The summed E-state index contributed by atoms with van der Waals surface area (Å²) in [5.74, 6) is 0.702. The summed E-state index contributed by atoms with van der Waals surface area (Å²) in [7, 11) is 0. The normalized spacial score (nSPS) is 12.5. The second-order valence-corrected chi connectivity index (χ2v) is 15.1. The molecule has 0 saturated carbocycles. The van der Waals surface area contributed by atoms with E-state index in [1.165, 1.54) is 60.8 Å². The molecule has 1 aliphatic carbocycles. The number of nitrogens with zero attached hydrogens (tertiary/aromatic N) is 3. The van der Waals surface area contributed by atoms with E-state index in [9.17, 15) is 0 Å². The van der Waals surface area contributed by atoms with Gasteiger partial charge in [0.05, 0.1) is 16.8 Å². The van der Waals surface area contributed by atoms with E-state index in [0.717, 1.165) is 33.6 Å². The van der Waals surface area contributed by atoms with Crippen molar-refractivity contribution >= 4 is 10.8 Å². The fourth-order valence-corrected chi connectivity index (χ4v) is 9.26. The van der Waals surface area contributed by atoms with Gasteiger partial charge in [0.15, 0.2) is 5.82 Å². The first-order valence-electron chi connectivity index (χ1n) is 20.1. The van der Waals surface area contributed by atoms with Crippen LogP contribution >= 0.6 is 0 Å². The molecule has 0 amide bonds. The third kappa shape index (κ3) is 5.78. The Kier molecular flexibility index (Phi) is 8.37. The van der Waals surface area contributed by atoms with E-state index in [1.807, 2.05) is 36.7 Å². The van der Waals surface area contributed by atoms with Crippen molar-refractivity contribution in [3.63, 3.8) is 0 Å². The van der Waals surface area contributed by atoms with Gasteiger partial charge in [-0.25, -0.2) is 9.97 Å². The summed E-state index contributed by atoms with van der Waals surface area (Å²) in [6, 6.07) is 76.4. The first kappa shape index (κ1) is 34.5. The lowest BCUT2D eigenvalue weighted by Gasteiger charge is -2.34. The van der Waals surface area contributed by atoms with Gasteiger partial charge < -0.3 is 0 Å². The van der Waals surface area contributed by atoms with Gasteiger partial charge in [-0.15, -0.1) is 0 Å². The second-order valence-electron chi connectivity index (χ2n) is 15.1. The number of benzene rings is 8. The molecule has 0 N–H and O–H groups in total. The first-order chi connectivity index (χ1) is 29.3. The third-order valence-electron chi connectivity index (χ3n) is 11.9. The van der Waals surface area contributed by atoms with Gasteiger partial charge in [-0.3, -0.25) is 4.98 Å². The molecular formula is C56H37N3. The number of fused-ring (bicyclic) bond motifs is 4. The van der Waals surface area contributed by atoms with Crippen LogP contribution in [0.3, 0.4) is 0 Å². The second kappa shape index (κ2) is 14.3. The van der Waals surface area contributed by atoms with Gasteiger partial charge in [0.2, 0.25) is 0 Å². The molecule has 276 valence electrons. The molecule has 8 aromatic carbocycles. The van der Waals surface area contributed by atoms with E-state index in [4.69, 9.17) is 9.97 Å². The molecule has 0 fully saturated rings. The summed E-state index contributed by atoms with van der Waals surface area (Å²) in [6.07, 6.45) is 3.73. The van der Waals surface area contributed by atoms with Crippen LogP contribution in [0, 0.1) is 0 Å². The lowest BCUT2D eigenvalue weighted by Crippen LogP contribution is -2.28. The monoisotopic (exact) mass is 751 g/mol. The van der Waals surface area contributed by atoms with Crippen LogP contribution in [-0.2, 0) is 5.41 Å². The lowest BCUT2D eigenvalue weighted by atomic mass is 9.67. The quantitative estimate of drug-likeness (QED) is 0.163. The van der Waals surface area contributed by atoms with E-state index in [1.54, 1.807) is 0 Å². The summed E-state index contributed by atoms with van der Waals surface area (Å²) >= 11 is 0. The maximum Gasteiger partial charge on any atom is 0.160 e. The van der Waals surface area contributed by atoms with Gasteiger partial charge in [0, 0.05) is 29.1 Å². The molecule has 2 heterocycles. The largest absolute Gasteiger partial charge is 0.265 e. The minimum absolute atomic E-state index is 0.608. The highest BCUT2D eigenvalue weighted by atomic mass is 14.9. The van der Waals surface area contributed by atoms with E-state index >= 15 is 0 Å². The summed E-state index contributed by atoms with van der Waals surface area (Å²) in [6.45, 7) is 0. The zero-order valence-electron chi connectivity index (χ0n) is 32.2. The predicted molar refractivity (Wildman–Crippen MR) is 242 cm³/mol. The SMILES string of the molecule is c1ccc(-c2cc(-c3cccc(C4(c5cccc(-c6ccc(-c7ccncc7)c7ccccc67)c5)c5ccccc5-c5ccccc54)c3)nc(-c3ccccc3)n2)cc1. The van der Waals surface area contributed by atoms with Crippen molar-refractivity contribution in [2.24, 2.45) is 0 Å². The number of pyridine rings is 1. The van der Waals surface area contributed by atoms with Crippen molar-refractivity contribution < 1.29 is 0 Å². The van der Waals surface area contributed by atoms with Gasteiger partial charge >= 0.3 is 0 Å². The Bertz CT molecular complexity index is 3050. The molecule has 10 aromatic rings. The number of hydrogen-bond acceptors (Lipinski definition) is 3. The van der Waals surface area contributed by atoms with E-state index in [0.29, 0.717) is 5.82 Å². The van der Waals surface area contributed by atoms with Gasteiger partial charge in [-0.1, -0.05) is 182 Å². The average molecular weight is 752 g/mol. The molecule has 0 aliphatic heterocycles. The molecule has 3 nitrogen and oxygen atoms in total. The van der Waals surface area contributed by atoms with Crippen molar-refractivity contribution in [2.45, 2.75) is 5.41 Å². The molecule has 3 heteroatoms. The first-order valence-corrected chi connectivity index (χ1v) is 20.1. The van der Waals surface area contributed by atoms with Crippen molar-refractivity contribution in [3.8, 4) is 67.3 Å². The van der Waals surface area contributed by atoms with Crippen molar-refractivity contribution in [2.75, 3.05) is 0 Å². The molecule has 59 heavy (non-hydrogen) atoms. The van der Waals surface area contributed by atoms with Crippen LogP contribution in [0.15, 0.2) is 225 Å². The minimum atomic E-state index is -0.608. The maximum atomic E-state index is 5.25. The third-order valence-corrected chi connectivity index (χ3v) is 11.9. The Morgan fingerprint density at radius 1 is 0.305 bits per heavy atom. The molecule has 0 radical (unpaired) electrons. The zero-order valence-corrected chi connectivity index (χ0v) is 32.2. The van der Waals surface area contributed by atoms with Crippen LogP contribution in [0.5, 0.6) is 0 Å². The van der Waals surface area contributed by atoms with Crippen LogP contribution in [-0.4, -0.2) is 15.0 Å². The highest BCUT2D eigenvalue weighted by molar-refractivity contribution is 6.05. The molecular weight excluding hydrogens is 715 g/mol. The summed E-state index contributed by atoms with van der Waals surface area (Å²) < 4.78 is 0. The average Bonchev–Trinajstić information content (AvgIpc) is 3.63. The molecule has 0 atom stereocenters. The highest BCUT2D eigenvalue weighted by Gasteiger charge is 2.46. The number of rotatable bonds is 7. The molecule has 1 aliphatic rings. The van der Waals surface area contributed by atoms with E-state index in [2.05, 4.69) is 193 Å². The fraction of sp³-hybridized carbons (Fsp3) is 0.0179. The van der Waals surface area contributed by atoms with Crippen LogP contribution in [0.25, 0.3) is 78.1 Å². The fourth-order valence-electron chi connectivity index (χ4n) is 9.26. The summed E-state index contributed by atoms with van der Waals surface area (Å²) in [4.78, 5) is 14.6. The van der Waals surface area contributed by atoms with Gasteiger partial charge in [0.1, 0.15) is 0 Å². The number of aromatic nitrogens is 3. The Hall–Kier alpha value is -7.75. The summed E-state index contributed by atoms with van der Waals surface area (Å²) in [5, 5.41) is 2.43. The van der Waals surface area contributed by atoms with Crippen molar-refractivity contribution in [1.82, 2.24) is 15.0 Å².